The molecule has 0 saturated heterocycles. The number of aromatic amines is 1. The van der Waals surface area contributed by atoms with Gasteiger partial charge >= 0.3 is 6.09 Å². The zero-order chi connectivity index (χ0) is 19.4. The number of fused-ring (bicyclic) bond motifs is 1. The summed E-state index contributed by atoms with van der Waals surface area (Å²) in [7, 11) is 0. The lowest BCUT2D eigenvalue weighted by atomic mass is 9.92. The summed E-state index contributed by atoms with van der Waals surface area (Å²) in [5, 5.41) is 13.6. The molecule has 0 aliphatic heterocycles. The summed E-state index contributed by atoms with van der Waals surface area (Å²) in [6.07, 6.45) is 2.53. The van der Waals surface area contributed by atoms with E-state index in [4.69, 9.17) is 4.74 Å². The smallest absolute Gasteiger partial charge is 0.407 e. The van der Waals surface area contributed by atoms with E-state index in [0.717, 1.165) is 5.39 Å². The second kappa shape index (κ2) is 7.76. The fourth-order valence-electron chi connectivity index (χ4n) is 2.74. The van der Waals surface area contributed by atoms with E-state index in [-0.39, 0.29) is 5.91 Å². The second-order valence-corrected chi connectivity index (χ2v) is 7.44. The van der Waals surface area contributed by atoms with E-state index in [0.29, 0.717) is 30.5 Å². The summed E-state index contributed by atoms with van der Waals surface area (Å²) in [5.41, 5.74) is 0.107. The quantitative estimate of drug-likeness (QED) is 0.736. The number of benzene rings is 1. The number of alkyl carbamates (subject to hydrolysis) is 1. The molecule has 26 heavy (non-hydrogen) atoms. The van der Waals surface area contributed by atoms with Gasteiger partial charge < -0.3 is 15.4 Å². The molecule has 1 heterocycles. The molecule has 7 heteroatoms. The van der Waals surface area contributed by atoms with Crippen molar-refractivity contribution in [3.63, 3.8) is 0 Å². The van der Waals surface area contributed by atoms with Crippen LogP contribution in [0.4, 0.5) is 4.79 Å². The molecule has 0 spiro atoms. The molecular weight excluding hydrogens is 332 g/mol. The van der Waals surface area contributed by atoms with E-state index in [9.17, 15) is 9.59 Å². The lowest BCUT2D eigenvalue weighted by Gasteiger charge is -2.33. The van der Waals surface area contributed by atoms with Crippen molar-refractivity contribution >= 4 is 22.9 Å². The Labute approximate surface area is 153 Å². The summed E-state index contributed by atoms with van der Waals surface area (Å²) in [4.78, 5) is 24.8. The Morgan fingerprint density at radius 2 is 1.88 bits per heavy atom. The molecule has 0 aliphatic carbocycles. The highest BCUT2D eigenvalue weighted by Gasteiger charge is 2.30. The van der Waals surface area contributed by atoms with Crippen LogP contribution in [0.15, 0.2) is 24.4 Å². The molecule has 1 aromatic carbocycles. The van der Waals surface area contributed by atoms with Gasteiger partial charge in [0.1, 0.15) is 5.60 Å². The molecule has 7 nitrogen and oxygen atoms in total. The number of amides is 2. The van der Waals surface area contributed by atoms with Gasteiger partial charge in [-0.15, -0.1) is 0 Å². The first-order valence-electron chi connectivity index (χ1n) is 8.91. The third-order valence-electron chi connectivity index (χ3n) is 4.42. The van der Waals surface area contributed by atoms with E-state index in [1.165, 1.54) is 0 Å². The highest BCUT2D eigenvalue weighted by Crippen LogP contribution is 2.19. The maximum Gasteiger partial charge on any atom is 0.407 e. The fraction of sp³-hybridized carbons (Fsp3) is 0.526. The van der Waals surface area contributed by atoms with Crippen molar-refractivity contribution in [2.24, 2.45) is 0 Å². The Morgan fingerprint density at radius 1 is 1.19 bits per heavy atom. The average Bonchev–Trinajstić information content (AvgIpc) is 3.05. The van der Waals surface area contributed by atoms with Gasteiger partial charge in [0.2, 0.25) is 0 Å². The lowest BCUT2D eigenvalue weighted by molar-refractivity contribution is 0.0502. The van der Waals surface area contributed by atoms with Gasteiger partial charge in [0.25, 0.3) is 5.91 Å². The molecule has 0 saturated carbocycles. The minimum absolute atomic E-state index is 0.200. The standard InChI is InChI=1S/C19H28N4O3/c1-6-19(7-2,12-20-17(25)26-18(3,4)5)22-16(24)14-10-8-9-13-11-21-23-15(13)14/h8-11H,6-7,12H2,1-5H3,(H,20,25)(H,21,23)(H,22,24). The van der Waals surface area contributed by atoms with E-state index in [1.807, 2.05) is 46.8 Å². The number of ether oxygens (including phenoxy) is 1. The number of aromatic nitrogens is 2. The van der Waals surface area contributed by atoms with Crippen LogP contribution in [-0.2, 0) is 4.74 Å². The van der Waals surface area contributed by atoms with Crippen molar-refractivity contribution in [3.05, 3.63) is 30.0 Å². The molecule has 3 N–H and O–H groups in total. The first-order valence-corrected chi connectivity index (χ1v) is 8.91. The summed E-state index contributed by atoms with van der Waals surface area (Å²) in [6.45, 7) is 9.69. The van der Waals surface area contributed by atoms with Gasteiger partial charge in [-0.3, -0.25) is 9.89 Å². The Bertz CT molecular complexity index is 772. The first-order chi connectivity index (χ1) is 12.2. The zero-order valence-corrected chi connectivity index (χ0v) is 16.1. The number of carbonyl (C=O) groups is 2. The number of hydrogen-bond acceptors (Lipinski definition) is 4. The number of para-hydroxylation sites is 1. The van der Waals surface area contributed by atoms with E-state index >= 15 is 0 Å². The van der Waals surface area contributed by atoms with Gasteiger partial charge in [-0.2, -0.15) is 5.10 Å². The average molecular weight is 360 g/mol. The van der Waals surface area contributed by atoms with Crippen LogP contribution in [0.25, 0.3) is 10.9 Å². The predicted molar refractivity (Wildman–Crippen MR) is 101 cm³/mol. The largest absolute Gasteiger partial charge is 0.444 e. The van der Waals surface area contributed by atoms with Crippen molar-refractivity contribution < 1.29 is 14.3 Å². The van der Waals surface area contributed by atoms with Crippen LogP contribution in [0, 0.1) is 0 Å². The molecule has 0 bridgehead atoms. The molecule has 2 rings (SSSR count). The molecule has 0 atom stereocenters. The number of nitrogens with one attached hydrogen (secondary N) is 3. The summed E-state index contributed by atoms with van der Waals surface area (Å²) in [5.74, 6) is -0.200. The zero-order valence-electron chi connectivity index (χ0n) is 16.1. The van der Waals surface area contributed by atoms with Crippen LogP contribution in [-0.4, -0.2) is 39.9 Å². The maximum absolute atomic E-state index is 12.9. The predicted octanol–water partition coefficient (Wildman–Crippen LogP) is 3.38. The Morgan fingerprint density at radius 3 is 2.50 bits per heavy atom. The van der Waals surface area contributed by atoms with Gasteiger partial charge in [0, 0.05) is 11.9 Å². The number of H-pyrrole nitrogens is 1. The van der Waals surface area contributed by atoms with Crippen LogP contribution >= 0.6 is 0 Å². The van der Waals surface area contributed by atoms with E-state index in [1.54, 1.807) is 12.3 Å². The van der Waals surface area contributed by atoms with Crippen LogP contribution in [0.5, 0.6) is 0 Å². The third-order valence-corrected chi connectivity index (χ3v) is 4.42. The van der Waals surface area contributed by atoms with Crippen molar-refractivity contribution in [2.75, 3.05) is 6.54 Å². The molecule has 0 fully saturated rings. The topological polar surface area (TPSA) is 96.1 Å². The Hall–Kier alpha value is -2.57. The highest BCUT2D eigenvalue weighted by atomic mass is 16.6. The van der Waals surface area contributed by atoms with Gasteiger partial charge in [-0.25, -0.2) is 4.79 Å². The fourth-order valence-corrected chi connectivity index (χ4v) is 2.74. The van der Waals surface area contributed by atoms with Crippen LogP contribution in [0.1, 0.15) is 57.8 Å². The van der Waals surface area contributed by atoms with Crippen LogP contribution in [0.3, 0.4) is 0 Å². The molecule has 142 valence electrons. The molecule has 2 amide bonds. The first kappa shape index (κ1) is 19.8. The van der Waals surface area contributed by atoms with Crippen LogP contribution in [0.2, 0.25) is 0 Å². The van der Waals surface area contributed by atoms with E-state index < -0.39 is 17.2 Å². The van der Waals surface area contributed by atoms with Crippen molar-refractivity contribution in [1.29, 1.82) is 0 Å². The number of rotatable bonds is 6. The molecule has 2 aromatic rings. The highest BCUT2D eigenvalue weighted by molar-refractivity contribution is 6.05. The maximum atomic E-state index is 12.9. The van der Waals surface area contributed by atoms with Crippen molar-refractivity contribution in [1.82, 2.24) is 20.8 Å². The summed E-state index contributed by atoms with van der Waals surface area (Å²) in [6, 6.07) is 5.48. The van der Waals surface area contributed by atoms with Gasteiger partial charge in [-0.05, 0) is 39.7 Å². The van der Waals surface area contributed by atoms with Crippen molar-refractivity contribution in [2.45, 2.75) is 58.6 Å². The number of hydrogen-bond donors (Lipinski definition) is 3. The second-order valence-electron chi connectivity index (χ2n) is 7.44. The number of carbonyl (C=O) groups excluding carboxylic acids is 2. The third kappa shape index (κ3) is 4.74. The Kier molecular flexibility index (Phi) is 5.90. The number of nitrogens with zero attached hydrogens (tertiary/aromatic N) is 1. The molecule has 0 unspecified atom stereocenters. The van der Waals surface area contributed by atoms with Gasteiger partial charge in [0.15, 0.2) is 0 Å². The van der Waals surface area contributed by atoms with Gasteiger partial charge in [-0.1, -0.05) is 26.0 Å². The normalized spacial score (nSPS) is 12.0. The van der Waals surface area contributed by atoms with Crippen molar-refractivity contribution in [3.8, 4) is 0 Å². The van der Waals surface area contributed by atoms with E-state index in [2.05, 4.69) is 20.8 Å². The minimum Gasteiger partial charge on any atom is -0.444 e. The lowest BCUT2D eigenvalue weighted by Crippen LogP contribution is -2.55. The summed E-state index contributed by atoms with van der Waals surface area (Å²) < 4.78 is 5.28. The van der Waals surface area contributed by atoms with Gasteiger partial charge in [0.05, 0.1) is 22.8 Å². The molecule has 1 aromatic heterocycles. The molecular formula is C19H28N4O3. The summed E-state index contributed by atoms with van der Waals surface area (Å²) >= 11 is 0. The minimum atomic E-state index is -0.565. The SMILES string of the molecule is CCC(CC)(CNC(=O)OC(C)(C)C)NC(=O)c1cccc2cn[nH]c12. The monoisotopic (exact) mass is 360 g/mol. The Balaban J connectivity index is 2.12. The molecule has 0 radical (unpaired) electrons. The molecule has 0 aliphatic rings. The van der Waals surface area contributed by atoms with Crippen LogP contribution < -0.4 is 10.6 Å².